The molecule has 1 N–H and O–H groups in total. The van der Waals surface area contributed by atoms with E-state index < -0.39 is 0 Å². The standard InChI is InChI=1S/C15H27N3S/c1-4-8-16-12(3)14-11-19-15(17-14)18-9-6-13(5-2)7-10-18/h11-13,16H,4-10H2,1-3H3. The van der Waals surface area contributed by atoms with Crippen molar-refractivity contribution in [2.45, 2.75) is 52.5 Å². The largest absolute Gasteiger partial charge is 0.348 e. The van der Waals surface area contributed by atoms with Crippen LogP contribution in [0.5, 0.6) is 0 Å². The van der Waals surface area contributed by atoms with Gasteiger partial charge in [0, 0.05) is 24.5 Å². The third-order valence-electron chi connectivity index (χ3n) is 4.12. The number of anilines is 1. The maximum atomic E-state index is 4.82. The molecule has 1 fully saturated rings. The van der Waals surface area contributed by atoms with Crippen LogP contribution in [0.3, 0.4) is 0 Å². The Hall–Kier alpha value is -0.610. The monoisotopic (exact) mass is 281 g/mol. The number of hydrogen-bond donors (Lipinski definition) is 1. The lowest BCUT2D eigenvalue weighted by Crippen LogP contribution is -2.33. The van der Waals surface area contributed by atoms with E-state index in [9.17, 15) is 0 Å². The Balaban J connectivity index is 1.90. The van der Waals surface area contributed by atoms with Crippen molar-refractivity contribution in [2.75, 3.05) is 24.5 Å². The summed E-state index contributed by atoms with van der Waals surface area (Å²) >= 11 is 1.80. The first-order chi connectivity index (χ1) is 9.24. The average Bonchev–Trinajstić information content (AvgIpc) is 2.94. The summed E-state index contributed by atoms with van der Waals surface area (Å²) in [4.78, 5) is 7.28. The van der Waals surface area contributed by atoms with Crippen molar-refractivity contribution in [3.63, 3.8) is 0 Å². The molecule has 1 saturated heterocycles. The number of thiazole rings is 1. The number of aromatic nitrogens is 1. The third kappa shape index (κ3) is 3.93. The summed E-state index contributed by atoms with van der Waals surface area (Å²) in [6, 6.07) is 0.373. The lowest BCUT2D eigenvalue weighted by molar-refractivity contribution is 0.394. The number of nitrogens with one attached hydrogen (secondary N) is 1. The first kappa shape index (κ1) is 14.8. The van der Waals surface area contributed by atoms with Crippen molar-refractivity contribution in [2.24, 2.45) is 5.92 Å². The van der Waals surface area contributed by atoms with Crippen LogP contribution in [0.2, 0.25) is 0 Å². The summed E-state index contributed by atoms with van der Waals surface area (Å²) < 4.78 is 0. The Kier molecular flexibility index (Phi) is 5.64. The molecule has 1 aliphatic rings. The van der Waals surface area contributed by atoms with E-state index in [0.29, 0.717) is 6.04 Å². The SMILES string of the molecule is CCCNC(C)c1csc(N2CCC(CC)CC2)n1. The molecule has 0 aliphatic carbocycles. The minimum absolute atomic E-state index is 0.373. The number of nitrogens with zero attached hydrogens (tertiary/aromatic N) is 2. The molecule has 3 nitrogen and oxygen atoms in total. The molecule has 2 rings (SSSR count). The summed E-state index contributed by atoms with van der Waals surface area (Å²) in [7, 11) is 0. The molecular formula is C15H27N3S. The first-order valence-corrected chi connectivity index (χ1v) is 8.56. The fraction of sp³-hybridized carbons (Fsp3) is 0.800. The summed E-state index contributed by atoms with van der Waals surface area (Å²) in [5.41, 5.74) is 1.20. The predicted octanol–water partition coefficient (Wildman–Crippen LogP) is 3.83. The van der Waals surface area contributed by atoms with E-state index in [1.54, 1.807) is 11.3 Å². The number of hydrogen-bond acceptors (Lipinski definition) is 4. The van der Waals surface area contributed by atoms with Gasteiger partial charge in [0.25, 0.3) is 0 Å². The summed E-state index contributed by atoms with van der Waals surface area (Å²) in [6.07, 6.45) is 5.16. The minimum Gasteiger partial charge on any atom is -0.348 e. The average molecular weight is 281 g/mol. The van der Waals surface area contributed by atoms with Gasteiger partial charge in [0.1, 0.15) is 0 Å². The zero-order valence-corrected chi connectivity index (χ0v) is 13.3. The van der Waals surface area contributed by atoms with Crippen LogP contribution in [0, 0.1) is 5.92 Å². The molecule has 19 heavy (non-hydrogen) atoms. The summed E-state index contributed by atoms with van der Waals surface area (Å²) in [6.45, 7) is 10.1. The maximum Gasteiger partial charge on any atom is 0.185 e. The normalized spacial score (nSPS) is 18.8. The molecule has 1 atom stereocenters. The van der Waals surface area contributed by atoms with Gasteiger partial charge in [0.2, 0.25) is 0 Å². The van der Waals surface area contributed by atoms with E-state index in [1.165, 1.54) is 49.6 Å². The number of piperidine rings is 1. The van der Waals surface area contributed by atoms with Gasteiger partial charge in [-0.2, -0.15) is 0 Å². The summed E-state index contributed by atoms with van der Waals surface area (Å²) in [5, 5.41) is 6.94. The van der Waals surface area contributed by atoms with Crippen LogP contribution >= 0.6 is 11.3 Å². The van der Waals surface area contributed by atoms with Gasteiger partial charge < -0.3 is 10.2 Å². The lowest BCUT2D eigenvalue weighted by atomic mass is 9.95. The molecule has 0 spiro atoms. The highest BCUT2D eigenvalue weighted by molar-refractivity contribution is 7.13. The van der Waals surface area contributed by atoms with E-state index in [1.807, 2.05) is 0 Å². The summed E-state index contributed by atoms with van der Waals surface area (Å²) in [5.74, 6) is 0.931. The van der Waals surface area contributed by atoms with Gasteiger partial charge in [-0.1, -0.05) is 20.3 Å². The third-order valence-corrected chi connectivity index (χ3v) is 5.04. The van der Waals surface area contributed by atoms with Crippen LogP contribution in [-0.4, -0.2) is 24.6 Å². The van der Waals surface area contributed by atoms with Crippen LogP contribution < -0.4 is 10.2 Å². The van der Waals surface area contributed by atoms with Gasteiger partial charge in [-0.05, 0) is 38.6 Å². The second kappa shape index (κ2) is 7.25. The van der Waals surface area contributed by atoms with Crippen molar-refractivity contribution in [1.82, 2.24) is 10.3 Å². The highest BCUT2D eigenvalue weighted by Gasteiger charge is 2.20. The highest BCUT2D eigenvalue weighted by Crippen LogP contribution is 2.29. The van der Waals surface area contributed by atoms with Crippen LogP contribution in [0.4, 0.5) is 5.13 Å². The Morgan fingerprint density at radius 2 is 2.16 bits per heavy atom. The van der Waals surface area contributed by atoms with Crippen molar-refractivity contribution in [3.05, 3.63) is 11.1 Å². The van der Waals surface area contributed by atoms with Crippen LogP contribution in [0.25, 0.3) is 0 Å². The van der Waals surface area contributed by atoms with E-state index in [-0.39, 0.29) is 0 Å². The highest BCUT2D eigenvalue weighted by atomic mass is 32.1. The second-order valence-corrected chi connectivity index (χ2v) is 6.41. The van der Waals surface area contributed by atoms with E-state index in [0.717, 1.165) is 12.5 Å². The van der Waals surface area contributed by atoms with Crippen molar-refractivity contribution in [3.8, 4) is 0 Å². The molecule has 0 aromatic carbocycles. The Labute approximate surface area is 121 Å². The van der Waals surface area contributed by atoms with Crippen molar-refractivity contribution >= 4 is 16.5 Å². The van der Waals surface area contributed by atoms with Gasteiger partial charge in [-0.3, -0.25) is 0 Å². The molecule has 1 unspecified atom stereocenters. The molecule has 1 aromatic heterocycles. The molecule has 0 bridgehead atoms. The van der Waals surface area contributed by atoms with Crippen LogP contribution in [0.15, 0.2) is 5.38 Å². The zero-order valence-electron chi connectivity index (χ0n) is 12.5. The minimum atomic E-state index is 0.373. The fourth-order valence-corrected chi connectivity index (χ4v) is 3.59. The maximum absolute atomic E-state index is 4.82. The van der Waals surface area contributed by atoms with Crippen molar-refractivity contribution in [1.29, 1.82) is 0 Å². The molecule has 4 heteroatoms. The van der Waals surface area contributed by atoms with Crippen LogP contribution in [0.1, 0.15) is 58.2 Å². The lowest BCUT2D eigenvalue weighted by Gasteiger charge is -2.31. The Morgan fingerprint density at radius 3 is 2.79 bits per heavy atom. The molecule has 1 aliphatic heterocycles. The van der Waals surface area contributed by atoms with Crippen molar-refractivity contribution < 1.29 is 0 Å². The molecule has 0 radical (unpaired) electrons. The van der Waals surface area contributed by atoms with Gasteiger partial charge >= 0.3 is 0 Å². The molecule has 0 saturated carbocycles. The molecule has 2 heterocycles. The van der Waals surface area contributed by atoms with E-state index >= 15 is 0 Å². The fourth-order valence-electron chi connectivity index (χ4n) is 2.62. The molecule has 1 aromatic rings. The van der Waals surface area contributed by atoms with Gasteiger partial charge in [-0.25, -0.2) is 4.98 Å². The zero-order chi connectivity index (χ0) is 13.7. The van der Waals surface area contributed by atoms with E-state index in [2.05, 4.69) is 36.4 Å². The Morgan fingerprint density at radius 1 is 1.42 bits per heavy atom. The molecule has 0 amide bonds. The molecule has 108 valence electrons. The van der Waals surface area contributed by atoms with E-state index in [4.69, 9.17) is 4.98 Å². The van der Waals surface area contributed by atoms with Gasteiger partial charge in [0.15, 0.2) is 5.13 Å². The first-order valence-electron chi connectivity index (χ1n) is 7.68. The van der Waals surface area contributed by atoms with Gasteiger partial charge in [0.05, 0.1) is 5.69 Å². The van der Waals surface area contributed by atoms with Crippen LogP contribution in [-0.2, 0) is 0 Å². The number of rotatable bonds is 6. The predicted molar refractivity (Wildman–Crippen MR) is 84.1 cm³/mol. The molecular weight excluding hydrogens is 254 g/mol. The topological polar surface area (TPSA) is 28.2 Å². The quantitative estimate of drug-likeness (QED) is 0.859. The van der Waals surface area contributed by atoms with Gasteiger partial charge in [-0.15, -0.1) is 11.3 Å². The Bertz CT molecular complexity index is 369. The second-order valence-electron chi connectivity index (χ2n) is 5.57. The smallest absolute Gasteiger partial charge is 0.185 e.